The van der Waals surface area contributed by atoms with Crippen molar-refractivity contribution < 1.29 is 9.90 Å². The van der Waals surface area contributed by atoms with Crippen LogP contribution < -0.4 is 11.1 Å². The molecule has 1 saturated carbocycles. The lowest BCUT2D eigenvalue weighted by molar-refractivity contribution is -0.126. The van der Waals surface area contributed by atoms with Crippen LogP contribution in [0.1, 0.15) is 37.4 Å². The molecule has 0 spiro atoms. The summed E-state index contributed by atoms with van der Waals surface area (Å²) in [7, 11) is 0. The van der Waals surface area contributed by atoms with Crippen LogP contribution in [0.4, 0.5) is 0 Å². The van der Waals surface area contributed by atoms with Gasteiger partial charge in [0.1, 0.15) is 0 Å². The number of benzene rings is 1. The summed E-state index contributed by atoms with van der Waals surface area (Å²) in [6, 6.07) is 5.00. The predicted octanol–water partition coefficient (Wildman–Crippen LogP) is 2.41. The normalized spacial score (nSPS) is 18.8. The molecule has 2 rings (SSSR count). The summed E-state index contributed by atoms with van der Waals surface area (Å²) < 4.78 is 0. The second kappa shape index (κ2) is 6.31. The van der Waals surface area contributed by atoms with Crippen LogP contribution in [0.25, 0.3) is 0 Å². The van der Waals surface area contributed by atoms with Gasteiger partial charge in [-0.3, -0.25) is 4.79 Å². The van der Waals surface area contributed by atoms with Gasteiger partial charge in [0.05, 0.1) is 11.6 Å². The highest BCUT2D eigenvalue weighted by Gasteiger charge is 2.37. The number of amides is 1. The minimum absolute atomic E-state index is 0.0429. The molecule has 1 aliphatic carbocycles. The molecular weight excluding hydrogens is 299 g/mol. The summed E-state index contributed by atoms with van der Waals surface area (Å²) in [6.07, 6.45) is 2.33. The number of rotatable bonds is 4. The average molecular weight is 317 g/mol. The second-order valence-electron chi connectivity index (χ2n) is 5.22. The van der Waals surface area contributed by atoms with Crippen molar-refractivity contribution >= 4 is 29.1 Å². The van der Waals surface area contributed by atoms with Crippen LogP contribution in [-0.2, 0) is 4.79 Å². The minimum atomic E-state index is -0.954. The molecule has 0 heterocycles. The Bertz CT molecular complexity index is 482. The Kier molecular flexibility index (Phi) is 4.91. The van der Waals surface area contributed by atoms with E-state index >= 15 is 0 Å². The largest absolute Gasteiger partial charge is 0.386 e. The standard InChI is InChI=1S/C14H18Cl2N2O2/c15-9-4-3-5-10(16)12(9)11(19)8-18-13(20)14(17)6-1-2-7-14/h3-5,11,19H,1-2,6-8,17H2,(H,18,20). The fraction of sp³-hybridized carbons (Fsp3) is 0.500. The monoisotopic (exact) mass is 316 g/mol. The highest BCUT2D eigenvalue weighted by molar-refractivity contribution is 6.36. The van der Waals surface area contributed by atoms with Crippen molar-refractivity contribution in [2.75, 3.05) is 6.54 Å². The Morgan fingerprint density at radius 3 is 2.45 bits per heavy atom. The number of hydrogen-bond donors (Lipinski definition) is 3. The van der Waals surface area contributed by atoms with Gasteiger partial charge in [-0.05, 0) is 25.0 Å². The summed E-state index contributed by atoms with van der Waals surface area (Å²) in [5.41, 5.74) is 5.66. The lowest BCUT2D eigenvalue weighted by Gasteiger charge is -2.23. The molecule has 0 aliphatic heterocycles. The molecule has 110 valence electrons. The van der Waals surface area contributed by atoms with Crippen LogP contribution in [0.15, 0.2) is 18.2 Å². The third kappa shape index (κ3) is 3.26. The number of carbonyl (C=O) groups excluding carboxylic acids is 1. The van der Waals surface area contributed by atoms with E-state index in [0.29, 0.717) is 28.5 Å². The first-order valence-electron chi connectivity index (χ1n) is 6.63. The number of aliphatic hydroxyl groups is 1. The Hall–Kier alpha value is -0.810. The van der Waals surface area contributed by atoms with E-state index < -0.39 is 11.6 Å². The van der Waals surface area contributed by atoms with Crippen LogP contribution in [0.5, 0.6) is 0 Å². The zero-order valence-corrected chi connectivity index (χ0v) is 12.5. The molecule has 0 aromatic heterocycles. The first kappa shape index (κ1) is 15.6. The molecule has 4 nitrogen and oxygen atoms in total. The SMILES string of the molecule is NC1(C(=O)NCC(O)c2c(Cl)cccc2Cl)CCCC1. The number of halogens is 2. The van der Waals surface area contributed by atoms with Gasteiger partial charge in [0, 0.05) is 22.2 Å². The third-order valence-corrected chi connectivity index (χ3v) is 4.40. The van der Waals surface area contributed by atoms with E-state index in [1.54, 1.807) is 18.2 Å². The quantitative estimate of drug-likeness (QED) is 0.798. The molecule has 1 aromatic rings. The molecule has 1 amide bonds. The van der Waals surface area contributed by atoms with Gasteiger partial charge >= 0.3 is 0 Å². The maximum atomic E-state index is 12.1. The van der Waals surface area contributed by atoms with Crippen molar-refractivity contribution in [1.82, 2.24) is 5.32 Å². The van der Waals surface area contributed by atoms with E-state index in [0.717, 1.165) is 12.8 Å². The lowest BCUT2D eigenvalue weighted by Crippen LogP contribution is -2.52. The Morgan fingerprint density at radius 1 is 1.35 bits per heavy atom. The van der Waals surface area contributed by atoms with Crippen LogP contribution in [0.3, 0.4) is 0 Å². The Morgan fingerprint density at radius 2 is 1.90 bits per heavy atom. The zero-order valence-electron chi connectivity index (χ0n) is 11.0. The molecule has 1 atom stereocenters. The molecule has 1 aliphatic rings. The summed E-state index contributed by atoms with van der Waals surface area (Å²) >= 11 is 12.0. The molecule has 1 aromatic carbocycles. The van der Waals surface area contributed by atoms with Crippen molar-refractivity contribution in [1.29, 1.82) is 0 Å². The van der Waals surface area contributed by atoms with E-state index in [1.807, 2.05) is 0 Å². The molecule has 0 bridgehead atoms. The van der Waals surface area contributed by atoms with E-state index in [4.69, 9.17) is 28.9 Å². The van der Waals surface area contributed by atoms with Gasteiger partial charge in [-0.2, -0.15) is 0 Å². The number of nitrogens with one attached hydrogen (secondary N) is 1. The van der Waals surface area contributed by atoms with Crippen LogP contribution >= 0.6 is 23.2 Å². The van der Waals surface area contributed by atoms with Crippen LogP contribution in [-0.4, -0.2) is 23.1 Å². The molecule has 6 heteroatoms. The topological polar surface area (TPSA) is 75.4 Å². The van der Waals surface area contributed by atoms with Crippen molar-refractivity contribution in [2.45, 2.75) is 37.3 Å². The number of aliphatic hydroxyl groups excluding tert-OH is 1. The molecule has 0 saturated heterocycles. The van der Waals surface area contributed by atoms with Crippen LogP contribution in [0, 0.1) is 0 Å². The van der Waals surface area contributed by atoms with Crippen molar-refractivity contribution in [2.24, 2.45) is 5.73 Å². The first-order valence-corrected chi connectivity index (χ1v) is 7.39. The summed E-state index contributed by atoms with van der Waals surface area (Å²) in [5, 5.41) is 13.6. The van der Waals surface area contributed by atoms with Gasteiger partial charge in [-0.25, -0.2) is 0 Å². The molecule has 20 heavy (non-hydrogen) atoms. The second-order valence-corrected chi connectivity index (χ2v) is 6.04. The van der Waals surface area contributed by atoms with Gasteiger partial charge in [0.25, 0.3) is 0 Å². The lowest BCUT2D eigenvalue weighted by atomic mass is 9.98. The van der Waals surface area contributed by atoms with Gasteiger partial charge < -0.3 is 16.2 Å². The Balaban J connectivity index is 1.98. The zero-order chi connectivity index (χ0) is 14.8. The van der Waals surface area contributed by atoms with Crippen molar-refractivity contribution in [3.05, 3.63) is 33.8 Å². The summed E-state index contributed by atoms with van der Waals surface area (Å²) in [6.45, 7) is 0.0429. The van der Waals surface area contributed by atoms with E-state index in [2.05, 4.69) is 5.32 Å². The van der Waals surface area contributed by atoms with Crippen LogP contribution in [0.2, 0.25) is 10.0 Å². The predicted molar refractivity (Wildman–Crippen MR) is 79.8 cm³/mol. The number of hydrogen-bond acceptors (Lipinski definition) is 3. The number of nitrogens with two attached hydrogens (primary N) is 1. The summed E-state index contributed by atoms with van der Waals surface area (Å²) in [4.78, 5) is 12.1. The molecule has 4 N–H and O–H groups in total. The summed E-state index contributed by atoms with van der Waals surface area (Å²) in [5.74, 6) is -0.225. The average Bonchev–Trinajstić information content (AvgIpc) is 2.84. The first-order chi connectivity index (χ1) is 9.44. The van der Waals surface area contributed by atoms with Gasteiger partial charge in [-0.15, -0.1) is 0 Å². The minimum Gasteiger partial charge on any atom is -0.386 e. The number of carbonyl (C=O) groups is 1. The fourth-order valence-corrected chi connectivity index (χ4v) is 3.18. The molecular formula is C14H18Cl2N2O2. The maximum Gasteiger partial charge on any atom is 0.240 e. The van der Waals surface area contributed by atoms with E-state index in [9.17, 15) is 9.90 Å². The van der Waals surface area contributed by atoms with Gasteiger partial charge in [0.15, 0.2) is 0 Å². The van der Waals surface area contributed by atoms with Gasteiger partial charge in [-0.1, -0.05) is 42.1 Å². The molecule has 1 unspecified atom stereocenters. The van der Waals surface area contributed by atoms with E-state index in [1.165, 1.54) is 0 Å². The van der Waals surface area contributed by atoms with E-state index in [-0.39, 0.29) is 12.5 Å². The maximum absolute atomic E-state index is 12.1. The highest BCUT2D eigenvalue weighted by atomic mass is 35.5. The van der Waals surface area contributed by atoms with Crippen molar-refractivity contribution in [3.63, 3.8) is 0 Å². The van der Waals surface area contributed by atoms with Crippen molar-refractivity contribution in [3.8, 4) is 0 Å². The fourth-order valence-electron chi connectivity index (χ4n) is 2.53. The Labute approximate surface area is 128 Å². The molecule has 1 fully saturated rings. The molecule has 0 radical (unpaired) electrons. The van der Waals surface area contributed by atoms with Gasteiger partial charge in [0.2, 0.25) is 5.91 Å². The smallest absolute Gasteiger partial charge is 0.240 e. The third-order valence-electron chi connectivity index (χ3n) is 3.74. The highest BCUT2D eigenvalue weighted by Crippen LogP contribution is 2.30.